The zero-order valence-electron chi connectivity index (χ0n) is 16.1. The molecule has 0 radical (unpaired) electrons. The second-order valence-corrected chi connectivity index (χ2v) is 7.45. The SMILES string of the molecule is CCOC(=O)c1c(NC(=O)c2ccc([N+](=O)[O-])cc2)sc(C)c1-c1ccc(F)cc1. The molecule has 1 heterocycles. The summed E-state index contributed by atoms with van der Waals surface area (Å²) in [5.74, 6) is -1.54. The van der Waals surface area contributed by atoms with E-state index in [1.807, 2.05) is 0 Å². The third kappa shape index (κ3) is 4.36. The minimum atomic E-state index is -0.611. The maximum absolute atomic E-state index is 13.3. The van der Waals surface area contributed by atoms with E-state index in [1.165, 1.54) is 47.7 Å². The van der Waals surface area contributed by atoms with Gasteiger partial charge in [-0.25, -0.2) is 9.18 Å². The van der Waals surface area contributed by atoms with Crippen LogP contribution >= 0.6 is 11.3 Å². The highest BCUT2D eigenvalue weighted by molar-refractivity contribution is 7.17. The molecule has 154 valence electrons. The number of hydrogen-bond acceptors (Lipinski definition) is 6. The van der Waals surface area contributed by atoms with Crippen LogP contribution in [0, 0.1) is 22.9 Å². The highest BCUT2D eigenvalue weighted by atomic mass is 32.1. The molecule has 9 heteroatoms. The van der Waals surface area contributed by atoms with Gasteiger partial charge in [-0.3, -0.25) is 14.9 Å². The molecule has 0 fully saturated rings. The fraction of sp³-hybridized carbons (Fsp3) is 0.143. The number of anilines is 1. The van der Waals surface area contributed by atoms with Gasteiger partial charge in [0, 0.05) is 28.1 Å². The Balaban J connectivity index is 2.00. The number of nitro benzene ring substituents is 1. The first kappa shape index (κ1) is 21.1. The van der Waals surface area contributed by atoms with E-state index in [9.17, 15) is 24.1 Å². The maximum atomic E-state index is 13.3. The number of nitrogens with zero attached hydrogens (tertiary/aromatic N) is 1. The van der Waals surface area contributed by atoms with Gasteiger partial charge in [-0.2, -0.15) is 0 Å². The van der Waals surface area contributed by atoms with E-state index in [2.05, 4.69) is 5.32 Å². The minimum absolute atomic E-state index is 0.135. The number of aryl methyl sites for hydroxylation is 1. The molecule has 0 aliphatic rings. The Kier molecular flexibility index (Phi) is 6.22. The summed E-state index contributed by atoms with van der Waals surface area (Å²) in [5, 5.41) is 13.8. The fourth-order valence-corrected chi connectivity index (χ4v) is 3.96. The monoisotopic (exact) mass is 428 g/mol. The highest BCUT2D eigenvalue weighted by Gasteiger charge is 2.26. The zero-order valence-corrected chi connectivity index (χ0v) is 16.9. The number of nitro groups is 1. The van der Waals surface area contributed by atoms with Crippen LogP contribution in [0.3, 0.4) is 0 Å². The Morgan fingerprint density at radius 1 is 1.13 bits per heavy atom. The van der Waals surface area contributed by atoms with Crippen LogP contribution in [0.2, 0.25) is 0 Å². The van der Waals surface area contributed by atoms with E-state index in [4.69, 9.17) is 4.74 Å². The highest BCUT2D eigenvalue weighted by Crippen LogP contribution is 2.40. The van der Waals surface area contributed by atoms with Gasteiger partial charge in [0.2, 0.25) is 0 Å². The molecule has 3 aromatic rings. The van der Waals surface area contributed by atoms with Crippen molar-refractivity contribution in [2.45, 2.75) is 13.8 Å². The van der Waals surface area contributed by atoms with Gasteiger partial charge >= 0.3 is 5.97 Å². The first-order valence-corrected chi connectivity index (χ1v) is 9.75. The number of ether oxygens (including phenoxy) is 1. The normalized spacial score (nSPS) is 10.5. The lowest BCUT2D eigenvalue weighted by Gasteiger charge is -2.09. The zero-order chi connectivity index (χ0) is 21.8. The number of halogens is 1. The summed E-state index contributed by atoms with van der Waals surface area (Å²) in [6.45, 7) is 3.60. The number of carbonyl (C=O) groups excluding carboxylic acids is 2. The van der Waals surface area contributed by atoms with Crippen LogP contribution in [-0.4, -0.2) is 23.4 Å². The summed E-state index contributed by atoms with van der Waals surface area (Å²) >= 11 is 1.19. The van der Waals surface area contributed by atoms with E-state index in [0.717, 1.165) is 4.88 Å². The van der Waals surface area contributed by atoms with Crippen LogP contribution in [0.4, 0.5) is 15.1 Å². The Hall–Kier alpha value is -3.59. The average Bonchev–Trinajstić information content (AvgIpc) is 3.04. The lowest BCUT2D eigenvalue weighted by Crippen LogP contribution is -2.14. The number of non-ortho nitro benzene ring substituents is 1. The van der Waals surface area contributed by atoms with E-state index >= 15 is 0 Å². The topological polar surface area (TPSA) is 98.5 Å². The number of nitrogens with one attached hydrogen (secondary N) is 1. The number of esters is 1. The van der Waals surface area contributed by atoms with Crippen LogP contribution in [0.25, 0.3) is 11.1 Å². The van der Waals surface area contributed by atoms with E-state index in [-0.39, 0.29) is 28.4 Å². The standard InChI is InChI=1S/C21H17FN2O5S/c1-3-29-21(26)18-17(13-4-8-15(22)9-5-13)12(2)30-20(18)23-19(25)14-6-10-16(11-7-14)24(27)28/h4-11H,3H2,1-2H3,(H,23,25). The van der Waals surface area contributed by atoms with Crippen LogP contribution < -0.4 is 5.32 Å². The van der Waals surface area contributed by atoms with Crippen LogP contribution in [0.1, 0.15) is 32.5 Å². The van der Waals surface area contributed by atoms with Gasteiger partial charge < -0.3 is 10.1 Å². The molecule has 1 amide bonds. The van der Waals surface area contributed by atoms with Crippen LogP contribution in [0.5, 0.6) is 0 Å². The van der Waals surface area contributed by atoms with Gasteiger partial charge in [-0.05, 0) is 43.7 Å². The number of hydrogen-bond donors (Lipinski definition) is 1. The van der Waals surface area contributed by atoms with Crippen molar-refractivity contribution >= 4 is 33.9 Å². The first-order chi connectivity index (χ1) is 14.3. The molecule has 2 aromatic carbocycles. The molecule has 30 heavy (non-hydrogen) atoms. The van der Waals surface area contributed by atoms with Crippen LogP contribution in [-0.2, 0) is 4.74 Å². The van der Waals surface area contributed by atoms with Crippen molar-refractivity contribution in [2.24, 2.45) is 0 Å². The number of benzene rings is 2. The van der Waals surface area contributed by atoms with E-state index in [0.29, 0.717) is 11.1 Å². The molecule has 0 aliphatic heterocycles. The fourth-order valence-electron chi connectivity index (χ4n) is 2.90. The molecule has 0 unspecified atom stereocenters. The molecule has 0 atom stereocenters. The van der Waals surface area contributed by atoms with E-state index in [1.54, 1.807) is 26.0 Å². The lowest BCUT2D eigenvalue weighted by molar-refractivity contribution is -0.384. The first-order valence-electron chi connectivity index (χ1n) is 8.94. The molecular weight excluding hydrogens is 411 g/mol. The second-order valence-electron chi connectivity index (χ2n) is 6.22. The molecule has 0 saturated heterocycles. The summed E-state index contributed by atoms with van der Waals surface area (Å²) < 4.78 is 18.5. The van der Waals surface area contributed by atoms with Gasteiger partial charge in [0.1, 0.15) is 16.4 Å². The quantitative estimate of drug-likeness (QED) is 0.331. The van der Waals surface area contributed by atoms with Crippen molar-refractivity contribution in [1.29, 1.82) is 0 Å². The molecule has 0 bridgehead atoms. The smallest absolute Gasteiger partial charge is 0.341 e. The predicted octanol–water partition coefficient (Wildman–Crippen LogP) is 5.20. The molecule has 0 saturated carbocycles. The van der Waals surface area contributed by atoms with Crippen molar-refractivity contribution < 1.29 is 23.6 Å². The summed E-state index contributed by atoms with van der Waals surface area (Å²) in [7, 11) is 0. The van der Waals surface area contributed by atoms with Crippen molar-refractivity contribution in [3.8, 4) is 11.1 Å². The Bertz CT molecular complexity index is 1110. The molecule has 1 aromatic heterocycles. The number of amides is 1. The average molecular weight is 428 g/mol. The second kappa shape index (κ2) is 8.83. The van der Waals surface area contributed by atoms with Gasteiger partial charge in [0.25, 0.3) is 11.6 Å². The summed E-state index contributed by atoms with van der Waals surface area (Å²) in [6, 6.07) is 10.8. The lowest BCUT2D eigenvalue weighted by atomic mass is 10.0. The maximum Gasteiger partial charge on any atom is 0.341 e. The van der Waals surface area contributed by atoms with Crippen molar-refractivity contribution in [1.82, 2.24) is 0 Å². The summed E-state index contributed by atoms with van der Waals surface area (Å²) in [5.41, 5.74) is 1.41. The minimum Gasteiger partial charge on any atom is -0.462 e. The Labute approximate surface area is 175 Å². The molecule has 1 N–H and O–H groups in total. The summed E-state index contributed by atoms with van der Waals surface area (Å²) in [4.78, 5) is 36.3. The van der Waals surface area contributed by atoms with Crippen LogP contribution in [0.15, 0.2) is 48.5 Å². The molecule has 0 aliphatic carbocycles. The third-order valence-corrected chi connectivity index (χ3v) is 5.28. The summed E-state index contributed by atoms with van der Waals surface area (Å²) in [6.07, 6.45) is 0. The number of thiophene rings is 1. The van der Waals surface area contributed by atoms with Crippen molar-refractivity contribution in [2.75, 3.05) is 11.9 Å². The largest absolute Gasteiger partial charge is 0.462 e. The van der Waals surface area contributed by atoms with E-state index < -0.39 is 22.6 Å². The Morgan fingerprint density at radius 2 is 1.77 bits per heavy atom. The number of rotatable bonds is 6. The Morgan fingerprint density at radius 3 is 2.33 bits per heavy atom. The van der Waals surface area contributed by atoms with Crippen molar-refractivity contribution in [3.05, 3.63) is 80.5 Å². The van der Waals surface area contributed by atoms with Gasteiger partial charge in [-0.15, -0.1) is 11.3 Å². The van der Waals surface area contributed by atoms with Gasteiger partial charge in [-0.1, -0.05) is 12.1 Å². The number of carbonyl (C=O) groups is 2. The van der Waals surface area contributed by atoms with Gasteiger partial charge in [0.05, 0.1) is 11.5 Å². The van der Waals surface area contributed by atoms with Crippen molar-refractivity contribution in [3.63, 3.8) is 0 Å². The predicted molar refractivity (Wildman–Crippen MR) is 111 cm³/mol. The third-order valence-electron chi connectivity index (χ3n) is 4.26. The van der Waals surface area contributed by atoms with Gasteiger partial charge in [0.15, 0.2) is 0 Å². The molecule has 7 nitrogen and oxygen atoms in total. The molecule has 3 rings (SSSR count). The molecular formula is C21H17FN2O5S. The molecule has 0 spiro atoms.